The van der Waals surface area contributed by atoms with Gasteiger partial charge in [0.05, 0.1) is 11.4 Å². The van der Waals surface area contributed by atoms with Gasteiger partial charge in [0.2, 0.25) is 0 Å². The molecule has 0 fully saturated rings. The van der Waals surface area contributed by atoms with Crippen LogP contribution in [0.4, 0.5) is 5.69 Å². The summed E-state index contributed by atoms with van der Waals surface area (Å²) in [6.07, 6.45) is 0. The largest absolute Gasteiger partial charge is 0.235 e. The van der Waals surface area contributed by atoms with Gasteiger partial charge in [-0.1, -0.05) is 18.2 Å². The number of aryl methyl sites for hydroxylation is 2. The first kappa shape index (κ1) is 9.55. The molecule has 0 radical (unpaired) electrons. The Morgan fingerprint density at radius 1 is 1.21 bits per heavy atom. The Labute approximate surface area is 90.1 Å². The van der Waals surface area contributed by atoms with Gasteiger partial charge in [-0.3, -0.25) is 0 Å². The van der Waals surface area contributed by atoms with Gasteiger partial charge in [0.1, 0.15) is 4.67 Å². The highest BCUT2D eigenvalue weighted by Crippen LogP contribution is 2.16. The maximum atomic E-state index is 4.57. The van der Waals surface area contributed by atoms with Crippen LogP contribution >= 0.6 is 20.9 Å². The minimum atomic E-state index is 1.02. The Kier molecular flexibility index (Phi) is 2.74. The second kappa shape index (κ2) is 4.02. The third-order valence-electron chi connectivity index (χ3n) is 1.94. The summed E-state index contributed by atoms with van der Waals surface area (Å²) in [6, 6.07) is 8.12. The zero-order valence-electron chi connectivity index (χ0n) is 8.02. The molecule has 0 aliphatic carbocycles. The van der Waals surface area contributed by atoms with E-state index in [1.54, 1.807) is 10.3 Å². The van der Waals surface area contributed by atoms with Crippen LogP contribution in [0.15, 0.2) is 29.3 Å². The smallest absolute Gasteiger partial charge is 0.150 e. The van der Waals surface area contributed by atoms with E-state index in [9.17, 15) is 0 Å². The molecule has 0 N–H and O–H groups in total. The molecule has 0 saturated heterocycles. The van der Waals surface area contributed by atoms with E-state index in [0.717, 1.165) is 16.1 Å². The Bertz CT molecular complexity index is 497. The molecular formula is C10H10N2S2. The SMILES string of the molecule is Cc1ccccc1N=c1ssnc1C. The lowest BCUT2D eigenvalue weighted by Crippen LogP contribution is -1.97. The molecule has 0 spiro atoms. The van der Waals surface area contributed by atoms with Crippen LogP contribution in [0.1, 0.15) is 11.3 Å². The fourth-order valence-corrected chi connectivity index (χ4v) is 2.91. The third kappa shape index (κ3) is 1.91. The highest BCUT2D eigenvalue weighted by atomic mass is 32.9. The van der Waals surface area contributed by atoms with Crippen LogP contribution in [0.2, 0.25) is 0 Å². The fourth-order valence-electron chi connectivity index (χ4n) is 1.11. The number of hydrogen-bond donors (Lipinski definition) is 0. The van der Waals surface area contributed by atoms with Crippen LogP contribution in [0, 0.1) is 13.8 Å². The molecule has 0 aliphatic rings. The van der Waals surface area contributed by atoms with Crippen LogP contribution in [-0.4, -0.2) is 4.37 Å². The van der Waals surface area contributed by atoms with E-state index in [1.165, 1.54) is 16.1 Å². The quantitative estimate of drug-likeness (QED) is 0.681. The van der Waals surface area contributed by atoms with Crippen molar-refractivity contribution >= 4 is 26.6 Å². The molecule has 1 aromatic carbocycles. The first-order valence-corrected chi connectivity index (χ1v) is 6.41. The van der Waals surface area contributed by atoms with Crippen molar-refractivity contribution in [2.45, 2.75) is 13.8 Å². The zero-order valence-corrected chi connectivity index (χ0v) is 9.65. The molecule has 0 aliphatic heterocycles. The van der Waals surface area contributed by atoms with Gasteiger partial charge < -0.3 is 0 Å². The molecule has 2 rings (SSSR count). The second-order valence-electron chi connectivity index (χ2n) is 3.04. The lowest BCUT2D eigenvalue weighted by atomic mass is 10.2. The maximum Gasteiger partial charge on any atom is 0.150 e. The van der Waals surface area contributed by atoms with Crippen LogP contribution in [0.5, 0.6) is 0 Å². The molecule has 1 heterocycles. The molecule has 0 amide bonds. The first-order chi connectivity index (χ1) is 6.77. The standard InChI is InChI=1S/C10H10N2S2/c1-7-5-3-4-6-9(7)11-10-8(2)12-14-13-10/h3-6H,1-2H3. The molecular weight excluding hydrogens is 212 g/mol. The van der Waals surface area contributed by atoms with Crippen molar-refractivity contribution in [3.63, 3.8) is 0 Å². The monoisotopic (exact) mass is 222 g/mol. The van der Waals surface area contributed by atoms with E-state index in [0.29, 0.717) is 0 Å². The van der Waals surface area contributed by atoms with Gasteiger partial charge in [0.25, 0.3) is 0 Å². The van der Waals surface area contributed by atoms with Crippen LogP contribution in [-0.2, 0) is 0 Å². The van der Waals surface area contributed by atoms with E-state index in [2.05, 4.69) is 22.4 Å². The van der Waals surface area contributed by atoms with Crippen molar-refractivity contribution in [3.8, 4) is 0 Å². The molecule has 14 heavy (non-hydrogen) atoms. The summed E-state index contributed by atoms with van der Waals surface area (Å²) in [7, 11) is 3.11. The van der Waals surface area contributed by atoms with Gasteiger partial charge in [-0.25, -0.2) is 4.99 Å². The predicted molar refractivity (Wildman–Crippen MR) is 61.1 cm³/mol. The lowest BCUT2D eigenvalue weighted by molar-refractivity contribution is 1.24. The molecule has 4 heteroatoms. The summed E-state index contributed by atoms with van der Waals surface area (Å²) in [6.45, 7) is 4.06. The topological polar surface area (TPSA) is 25.2 Å². The van der Waals surface area contributed by atoms with Crippen molar-refractivity contribution in [2.75, 3.05) is 0 Å². The number of nitrogens with zero attached hydrogens (tertiary/aromatic N) is 2. The average Bonchev–Trinajstić information content (AvgIpc) is 2.56. The number of rotatable bonds is 1. The molecule has 0 unspecified atom stereocenters. The van der Waals surface area contributed by atoms with E-state index in [1.807, 2.05) is 25.1 Å². The minimum absolute atomic E-state index is 1.02. The maximum absolute atomic E-state index is 4.57. The summed E-state index contributed by atoms with van der Waals surface area (Å²) >= 11 is 0. The molecule has 2 nitrogen and oxygen atoms in total. The Hall–Kier alpha value is -1.000. The van der Waals surface area contributed by atoms with Crippen LogP contribution in [0.3, 0.4) is 0 Å². The number of aromatic nitrogens is 1. The van der Waals surface area contributed by atoms with Gasteiger partial charge >= 0.3 is 0 Å². The van der Waals surface area contributed by atoms with E-state index in [4.69, 9.17) is 0 Å². The summed E-state index contributed by atoms with van der Waals surface area (Å²) in [5, 5.41) is 0. The van der Waals surface area contributed by atoms with E-state index < -0.39 is 0 Å². The van der Waals surface area contributed by atoms with Crippen molar-refractivity contribution < 1.29 is 0 Å². The highest BCUT2D eigenvalue weighted by Gasteiger charge is 1.96. The summed E-state index contributed by atoms with van der Waals surface area (Å²) in [5.41, 5.74) is 3.25. The number of benzene rings is 1. The van der Waals surface area contributed by atoms with Crippen molar-refractivity contribution in [1.29, 1.82) is 0 Å². The van der Waals surface area contributed by atoms with Gasteiger partial charge in [-0.15, -0.1) is 0 Å². The highest BCUT2D eigenvalue weighted by molar-refractivity contribution is 7.66. The first-order valence-electron chi connectivity index (χ1n) is 4.30. The molecule has 1 aromatic heterocycles. The normalized spacial score (nSPS) is 12.0. The van der Waals surface area contributed by atoms with Gasteiger partial charge in [-0.2, -0.15) is 4.37 Å². The number of para-hydroxylation sites is 1. The number of hydrogen-bond acceptors (Lipinski definition) is 4. The summed E-state index contributed by atoms with van der Waals surface area (Å²) < 4.78 is 5.23. The Morgan fingerprint density at radius 2 is 2.00 bits per heavy atom. The van der Waals surface area contributed by atoms with Crippen molar-refractivity contribution in [2.24, 2.45) is 4.99 Å². The second-order valence-corrected chi connectivity index (χ2v) is 4.87. The van der Waals surface area contributed by atoms with E-state index in [-0.39, 0.29) is 0 Å². The summed E-state index contributed by atoms with van der Waals surface area (Å²) in [5.74, 6) is 0. The summed E-state index contributed by atoms with van der Waals surface area (Å²) in [4.78, 5) is 4.57. The molecule has 0 saturated carbocycles. The Morgan fingerprint density at radius 3 is 2.64 bits per heavy atom. The average molecular weight is 222 g/mol. The fraction of sp³-hybridized carbons (Fsp3) is 0.200. The molecule has 0 atom stereocenters. The molecule has 2 aromatic rings. The van der Waals surface area contributed by atoms with Gasteiger partial charge in [0, 0.05) is 10.5 Å². The van der Waals surface area contributed by atoms with Crippen molar-refractivity contribution in [3.05, 3.63) is 40.2 Å². The van der Waals surface area contributed by atoms with Crippen molar-refractivity contribution in [1.82, 2.24) is 4.37 Å². The Balaban J connectivity index is 2.54. The molecule has 72 valence electrons. The van der Waals surface area contributed by atoms with Crippen LogP contribution in [0.25, 0.3) is 0 Å². The van der Waals surface area contributed by atoms with Crippen LogP contribution < -0.4 is 4.67 Å². The lowest BCUT2D eigenvalue weighted by Gasteiger charge is -1.96. The van der Waals surface area contributed by atoms with Gasteiger partial charge in [-0.05, 0) is 35.8 Å². The van der Waals surface area contributed by atoms with E-state index >= 15 is 0 Å². The predicted octanol–water partition coefficient (Wildman–Crippen LogP) is 3.05. The third-order valence-corrected chi connectivity index (χ3v) is 3.83. The zero-order chi connectivity index (χ0) is 9.97. The minimum Gasteiger partial charge on any atom is -0.235 e. The molecule has 0 bridgehead atoms. The van der Waals surface area contributed by atoms with Gasteiger partial charge in [0.15, 0.2) is 0 Å².